The molecule has 0 atom stereocenters. The second-order valence-electron chi connectivity index (χ2n) is 6.56. The van der Waals surface area contributed by atoms with E-state index < -0.39 is 0 Å². The molecule has 1 saturated heterocycles. The Bertz CT molecular complexity index is 1040. The summed E-state index contributed by atoms with van der Waals surface area (Å²) in [6, 6.07) is 11.1. The first-order chi connectivity index (χ1) is 14.1. The van der Waals surface area contributed by atoms with Crippen molar-refractivity contribution in [1.29, 1.82) is 0 Å². The van der Waals surface area contributed by atoms with Gasteiger partial charge in [0.25, 0.3) is 5.19 Å². The van der Waals surface area contributed by atoms with Crippen LogP contribution in [0.5, 0.6) is 16.7 Å². The number of likely N-dealkylation sites (tertiary alicyclic amines) is 1. The van der Waals surface area contributed by atoms with Gasteiger partial charge in [0.2, 0.25) is 0 Å². The number of amides is 2. The lowest BCUT2D eigenvalue weighted by molar-refractivity contribution is 0.0443. The highest BCUT2D eigenvalue weighted by Crippen LogP contribution is 2.33. The molecule has 1 aromatic heterocycles. The van der Waals surface area contributed by atoms with Crippen LogP contribution in [0.25, 0.3) is 10.2 Å². The Morgan fingerprint density at radius 3 is 2.76 bits per heavy atom. The molecule has 0 saturated carbocycles. The van der Waals surface area contributed by atoms with Gasteiger partial charge in [0.1, 0.15) is 11.6 Å². The van der Waals surface area contributed by atoms with Crippen LogP contribution in [0.3, 0.4) is 0 Å². The highest BCUT2D eigenvalue weighted by Gasteiger charge is 2.33. The highest BCUT2D eigenvalue weighted by atomic mass is 35.5. The molecule has 2 heterocycles. The first kappa shape index (κ1) is 19.6. The number of nitrogens with zero attached hydrogens (tertiary/aromatic N) is 2. The molecule has 9 heteroatoms. The number of ether oxygens (including phenoxy) is 3. The molecule has 0 aliphatic carbocycles. The van der Waals surface area contributed by atoms with Crippen LogP contribution in [0.15, 0.2) is 36.4 Å². The van der Waals surface area contributed by atoms with Crippen LogP contribution >= 0.6 is 22.9 Å². The number of thiazole rings is 1. The van der Waals surface area contributed by atoms with Crippen LogP contribution < -0.4 is 19.5 Å². The number of rotatable bonds is 6. The molecule has 0 spiro atoms. The predicted octanol–water partition coefficient (Wildman–Crippen LogP) is 3.94. The molecule has 1 N–H and O–H groups in total. The summed E-state index contributed by atoms with van der Waals surface area (Å²) in [6.45, 7) is 1.43. The molecular formula is C20H20ClN3O4S. The normalized spacial score (nSPS) is 13.8. The van der Waals surface area contributed by atoms with Gasteiger partial charge in [-0.25, -0.2) is 9.78 Å². The van der Waals surface area contributed by atoms with Gasteiger partial charge in [-0.05, 0) is 29.8 Å². The van der Waals surface area contributed by atoms with Crippen LogP contribution in [0, 0.1) is 0 Å². The van der Waals surface area contributed by atoms with Gasteiger partial charge in [0.15, 0.2) is 11.5 Å². The lowest BCUT2D eigenvalue weighted by Gasteiger charge is -2.38. The standard InChI is InChI=1S/C20H20ClN3O4S/c1-26-15-7-6-12(8-16(15)27-2)9-22-19(25)24-10-13(11-24)28-20-23-18-14(21)4-3-5-17(18)29-20/h3-8,13H,9-11H2,1-2H3,(H,22,25). The number of halogens is 1. The fraction of sp³-hybridized carbons (Fsp3) is 0.300. The van der Waals surface area contributed by atoms with Crippen LogP contribution in [-0.2, 0) is 6.54 Å². The molecule has 0 radical (unpaired) electrons. The van der Waals surface area contributed by atoms with Gasteiger partial charge in [-0.15, -0.1) is 0 Å². The van der Waals surface area contributed by atoms with Crippen molar-refractivity contribution in [3.63, 3.8) is 0 Å². The molecule has 1 aliphatic heterocycles. The van der Waals surface area contributed by atoms with Crippen molar-refractivity contribution in [3.8, 4) is 16.7 Å². The quantitative estimate of drug-likeness (QED) is 0.637. The van der Waals surface area contributed by atoms with Gasteiger partial charge in [0, 0.05) is 6.54 Å². The Hall–Kier alpha value is -2.71. The maximum absolute atomic E-state index is 12.3. The molecule has 0 unspecified atom stereocenters. The second kappa shape index (κ2) is 8.34. The van der Waals surface area contributed by atoms with Gasteiger partial charge >= 0.3 is 6.03 Å². The average Bonchev–Trinajstić information content (AvgIpc) is 3.12. The number of aromatic nitrogens is 1. The van der Waals surface area contributed by atoms with E-state index in [-0.39, 0.29) is 12.1 Å². The predicted molar refractivity (Wildman–Crippen MR) is 112 cm³/mol. The largest absolute Gasteiger partial charge is 0.493 e. The molecule has 3 aromatic rings. The minimum absolute atomic E-state index is 0.0684. The van der Waals surface area contributed by atoms with Crippen molar-refractivity contribution in [2.24, 2.45) is 0 Å². The monoisotopic (exact) mass is 433 g/mol. The SMILES string of the molecule is COc1ccc(CNC(=O)N2CC(Oc3nc4c(Cl)cccc4s3)C2)cc1OC. The summed E-state index contributed by atoms with van der Waals surface area (Å²) < 4.78 is 17.4. The van der Waals surface area contributed by atoms with E-state index in [2.05, 4.69) is 10.3 Å². The summed E-state index contributed by atoms with van der Waals surface area (Å²) in [5.41, 5.74) is 1.67. The van der Waals surface area contributed by atoms with E-state index in [1.165, 1.54) is 11.3 Å². The van der Waals surface area contributed by atoms with E-state index in [1.54, 1.807) is 25.2 Å². The number of hydrogen-bond donors (Lipinski definition) is 1. The molecule has 7 nitrogen and oxygen atoms in total. The zero-order chi connectivity index (χ0) is 20.4. The summed E-state index contributed by atoms with van der Waals surface area (Å²) in [5.74, 6) is 1.29. The molecule has 1 aliphatic rings. The summed E-state index contributed by atoms with van der Waals surface area (Å²) >= 11 is 7.61. The first-order valence-electron chi connectivity index (χ1n) is 9.02. The molecule has 2 aromatic carbocycles. The fourth-order valence-corrected chi connectivity index (χ4v) is 4.23. The average molecular weight is 434 g/mol. The Balaban J connectivity index is 1.27. The maximum atomic E-state index is 12.3. The summed E-state index contributed by atoms with van der Waals surface area (Å²) in [5, 5.41) is 4.09. The number of fused-ring (bicyclic) bond motifs is 1. The van der Waals surface area contributed by atoms with Crippen molar-refractivity contribution < 1.29 is 19.0 Å². The van der Waals surface area contributed by atoms with E-state index in [1.807, 2.05) is 30.3 Å². The van der Waals surface area contributed by atoms with E-state index >= 15 is 0 Å². The van der Waals surface area contributed by atoms with Gasteiger partial charge < -0.3 is 24.4 Å². The van der Waals surface area contributed by atoms with Crippen molar-refractivity contribution in [1.82, 2.24) is 15.2 Å². The molecule has 29 heavy (non-hydrogen) atoms. The Morgan fingerprint density at radius 2 is 2.03 bits per heavy atom. The van der Waals surface area contributed by atoms with E-state index in [0.29, 0.717) is 41.3 Å². The van der Waals surface area contributed by atoms with Crippen LogP contribution in [0.4, 0.5) is 4.79 Å². The molecule has 2 amide bonds. The minimum Gasteiger partial charge on any atom is -0.493 e. The summed E-state index contributed by atoms with van der Waals surface area (Å²) in [6.07, 6.45) is -0.0684. The Labute approximate surface area is 177 Å². The summed E-state index contributed by atoms with van der Waals surface area (Å²) in [4.78, 5) is 18.5. The minimum atomic E-state index is -0.132. The lowest BCUT2D eigenvalue weighted by Crippen LogP contribution is -2.58. The number of carbonyl (C=O) groups excluding carboxylic acids is 1. The lowest BCUT2D eigenvalue weighted by atomic mass is 10.2. The summed E-state index contributed by atoms with van der Waals surface area (Å²) in [7, 11) is 3.17. The fourth-order valence-electron chi connectivity index (χ4n) is 3.05. The number of carbonyl (C=O) groups is 1. The van der Waals surface area contributed by atoms with Crippen molar-refractivity contribution in [2.75, 3.05) is 27.3 Å². The number of methoxy groups -OCH3 is 2. The second-order valence-corrected chi connectivity index (χ2v) is 7.96. The molecule has 4 rings (SSSR count). The third-order valence-corrected chi connectivity index (χ3v) is 5.86. The van der Waals surface area contributed by atoms with Gasteiger partial charge in [0.05, 0.1) is 37.0 Å². The highest BCUT2D eigenvalue weighted by molar-refractivity contribution is 7.20. The molecule has 1 fully saturated rings. The van der Waals surface area contributed by atoms with Gasteiger partial charge in [-0.2, -0.15) is 0 Å². The zero-order valence-corrected chi connectivity index (χ0v) is 17.5. The van der Waals surface area contributed by atoms with E-state index in [0.717, 1.165) is 15.8 Å². The van der Waals surface area contributed by atoms with Crippen LogP contribution in [0.2, 0.25) is 5.02 Å². The molecule has 0 bridgehead atoms. The van der Waals surface area contributed by atoms with Crippen LogP contribution in [0.1, 0.15) is 5.56 Å². The third kappa shape index (κ3) is 4.18. The number of benzene rings is 2. The van der Waals surface area contributed by atoms with Crippen molar-refractivity contribution >= 4 is 39.2 Å². The Morgan fingerprint density at radius 1 is 1.24 bits per heavy atom. The van der Waals surface area contributed by atoms with Gasteiger partial charge in [-0.3, -0.25) is 0 Å². The number of urea groups is 1. The molecule has 152 valence electrons. The van der Waals surface area contributed by atoms with E-state index in [9.17, 15) is 4.79 Å². The Kier molecular flexibility index (Phi) is 5.64. The van der Waals surface area contributed by atoms with E-state index in [4.69, 9.17) is 25.8 Å². The number of para-hydroxylation sites is 1. The number of hydrogen-bond acceptors (Lipinski definition) is 6. The van der Waals surface area contributed by atoms with Crippen LogP contribution in [-0.4, -0.2) is 49.3 Å². The third-order valence-electron chi connectivity index (χ3n) is 4.64. The van der Waals surface area contributed by atoms with Gasteiger partial charge in [-0.1, -0.05) is 35.1 Å². The number of nitrogens with one attached hydrogen (secondary N) is 1. The first-order valence-corrected chi connectivity index (χ1v) is 10.2. The van der Waals surface area contributed by atoms with Crippen molar-refractivity contribution in [2.45, 2.75) is 12.6 Å². The smallest absolute Gasteiger partial charge is 0.317 e. The maximum Gasteiger partial charge on any atom is 0.317 e. The topological polar surface area (TPSA) is 72.9 Å². The molecular weight excluding hydrogens is 414 g/mol. The van der Waals surface area contributed by atoms with Crippen molar-refractivity contribution in [3.05, 3.63) is 47.0 Å². The zero-order valence-electron chi connectivity index (χ0n) is 16.0.